The molecule has 2 heterocycles. The number of rotatable bonds is 7. The van der Waals surface area contributed by atoms with Gasteiger partial charge in [0.2, 0.25) is 5.43 Å². The first-order chi connectivity index (χ1) is 14.0. The molecule has 0 fully saturated rings. The van der Waals surface area contributed by atoms with Crippen LogP contribution in [0, 0.1) is 0 Å². The molecule has 1 aliphatic heterocycles. The summed E-state index contributed by atoms with van der Waals surface area (Å²) < 4.78 is 12.6. The Hall–Kier alpha value is -2.55. The second kappa shape index (κ2) is 9.51. The highest BCUT2D eigenvalue weighted by Gasteiger charge is 2.39. The van der Waals surface area contributed by atoms with Crippen molar-refractivity contribution < 1.29 is 19.1 Å². The molecule has 1 aromatic heterocycles. The Balaban J connectivity index is 2.55. The van der Waals surface area contributed by atoms with E-state index in [1.54, 1.807) is 25.7 Å². The van der Waals surface area contributed by atoms with Crippen LogP contribution >= 0.6 is 0 Å². The van der Waals surface area contributed by atoms with Crippen molar-refractivity contribution in [2.24, 2.45) is 0 Å². The minimum Gasteiger partial charge on any atom is -0.487 e. The predicted octanol–water partition coefficient (Wildman–Crippen LogP) is 2.26. The molecule has 0 saturated heterocycles. The Bertz CT molecular complexity index is 828. The maximum Gasteiger partial charge on any atom is 0.431 e. The zero-order valence-corrected chi connectivity index (χ0v) is 19.1. The number of pyridine rings is 1. The van der Waals surface area contributed by atoms with Gasteiger partial charge in [0, 0.05) is 24.8 Å². The van der Waals surface area contributed by atoms with E-state index in [-0.39, 0.29) is 30.1 Å². The molecule has 1 aliphatic rings. The molecular weight excluding hydrogens is 388 g/mol. The van der Waals surface area contributed by atoms with Gasteiger partial charge in [0.25, 0.3) is 5.91 Å². The van der Waals surface area contributed by atoms with Crippen molar-refractivity contribution >= 4 is 12.0 Å². The average Bonchev–Trinajstić information content (AvgIpc) is 2.61. The van der Waals surface area contributed by atoms with E-state index in [0.717, 1.165) is 12.8 Å². The SMILES string of the molecule is CCCCOc1c2n(ccc1=O)N(C(=O)OC(C)(C)C)CN(C(C)CN(C)C)C2=O. The standard InChI is InChI=1S/C21H34N4O5/c1-8-9-12-29-18-16(26)10-11-24-17(18)19(27)23(15(2)13-22(6)7)14-25(24)20(28)30-21(3,4)5/h10-11,15H,8-9,12-14H2,1-7H3. The summed E-state index contributed by atoms with van der Waals surface area (Å²) in [6.07, 6.45) is 2.44. The summed E-state index contributed by atoms with van der Waals surface area (Å²) >= 11 is 0. The number of ether oxygens (including phenoxy) is 2. The van der Waals surface area contributed by atoms with Crippen molar-refractivity contribution in [3.05, 3.63) is 28.2 Å². The van der Waals surface area contributed by atoms with E-state index in [4.69, 9.17) is 9.47 Å². The fourth-order valence-corrected chi connectivity index (χ4v) is 3.20. The Kier molecular flexibility index (Phi) is 7.52. The number of fused-ring (bicyclic) bond motifs is 1. The minimum absolute atomic E-state index is 0.00697. The van der Waals surface area contributed by atoms with Gasteiger partial charge in [-0.25, -0.2) is 9.47 Å². The van der Waals surface area contributed by atoms with Gasteiger partial charge in [0.05, 0.1) is 6.61 Å². The average molecular weight is 423 g/mol. The molecule has 2 rings (SSSR count). The van der Waals surface area contributed by atoms with E-state index < -0.39 is 17.1 Å². The highest BCUT2D eigenvalue weighted by Crippen LogP contribution is 2.24. The van der Waals surface area contributed by atoms with Crippen molar-refractivity contribution in [3.63, 3.8) is 0 Å². The summed E-state index contributed by atoms with van der Waals surface area (Å²) in [5, 5.41) is 1.32. The third-order valence-corrected chi connectivity index (χ3v) is 4.55. The molecule has 0 saturated carbocycles. The molecule has 9 nitrogen and oxygen atoms in total. The third kappa shape index (κ3) is 5.53. The maximum atomic E-state index is 13.4. The summed E-state index contributed by atoms with van der Waals surface area (Å²) in [6, 6.07) is 1.10. The summed E-state index contributed by atoms with van der Waals surface area (Å²) in [7, 11) is 3.82. The number of hydrogen-bond acceptors (Lipinski definition) is 6. The Morgan fingerprint density at radius 3 is 2.50 bits per heavy atom. The predicted molar refractivity (Wildman–Crippen MR) is 115 cm³/mol. The number of likely N-dealkylation sites (N-methyl/N-ethyl adjacent to an activating group) is 1. The van der Waals surface area contributed by atoms with Gasteiger partial charge in [0.15, 0.2) is 11.4 Å². The van der Waals surface area contributed by atoms with Gasteiger partial charge in [-0.2, -0.15) is 5.01 Å². The van der Waals surface area contributed by atoms with Crippen LogP contribution in [0.4, 0.5) is 4.79 Å². The topological polar surface area (TPSA) is 84.3 Å². The molecule has 0 radical (unpaired) electrons. The lowest BCUT2D eigenvalue weighted by Crippen LogP contribution is -2.60. The van der Waals surface area contributed by atoms with Crippen LogP contribution in [-0.4, -0.2) is 72.0 Å². The molecule has 0 N–H and O–H groups in total. The molecule has 1 aromatic rings. The van der Waals surface area contributed by atoms with Crippen LogP contribution < -0.4 is 15.2 Å². The molecule has 2 amide bonds. The van der Waals surface area contributed by atoms with Gasteiger partial charge < -0.3 is 19.3 Å². The summed E-state index contributed by atoms with van der Waals surface area (Å²) in [6.45, 7) is 10.2. The molecule has 0 aromatic carbocycles. The van der Waals surface area contributed by atoms with Gasteiger partial charge in [0.1, 0.15) is 12.3 Å². The van der Waals surface area contributed by atoms with E-state index in [0.29, 0.717) is 13.2 Å². The first-order valence-electron chi connectivity index (χ1n) is 10.3. The number of amides is 2. The van der Waals surface area contributed by atoms with Crippen molar-refractivity contribution in [3.8, 4) is 5.75 Å². The molecule has 0 aliphatic carbocycles. The number of nitrogens with zero attached hydrogens (tertiary/aromatic N) is 4. The lowest BCUT2D eigenvalue weighted by Gasteiger charge is -2.41. The Morgan fingerprint density at radius 2 is 1.93 bits per heavy atom. The van der Waals surface area contributed by atoms with Crippen molar-refractivity contribution in [1.29, 1.82) is 0 Å². The number of aromatic nitrogens is 1. The van der Waals surface area contributed by atoms with Gasteiger partial charge in [-0.3, -0.25) is 9.59 Å². The monoisotopic (exact) mass is 422 g/mol. The molecule has 0 spiro atoms. The normalized spacial score (nSPS) is 15.3. The summed E-state index contributed by atoms with van der Waals surface area (Å²) in [5.41, 5.74) is -1.06. The molecule has 1 atom stereocenters. The van der Waals surface area contributed by atoms with E-state index in [9.17, 15) is 14.4 Å². The fourth-order valence-electron chi connectivity index (χ4n) is 3.20. The number of hydrogen-bond donors (Lipinski definition) is 0. The Morgan fingerprint density at radius 1 is 1.27 bits per heavy atom. The highest BCUT2D eigenvalue weighted by atomic mass is 16.6. The molecule has 168 valence electrons. The first-order valence-corrected chi connectivity index (χ1v) is 10.3. The maximum absolute atomic E-state index is 13.4. The van der Waals surface area contributed by atoms with Crippen LogP contribution in [0.15, 0.2) is 17.1 Å². The Labute approximate surface area is 178 Å². The highest BCUT2D eigenvalue weighted by molar-refractivity contribution is 5.98. The number of carbonyl (C=O) groups is 2. The van der Waals surface area contributed by atoms with Gasteiger partial charge in [-0.1, -0.05) is 13.3 Å². The zero-order valence-electron chi connectivity index (χ0n) is 19.1. The van der Waals surface area contributed by atoms with E-state index in [1.165, 1.54) is 21.9 Å². The molecular formula is C21H34N4O5. The van der Waals surface area contributed by atoms with Gasteiger partial charge >= 0.3 is 6.09 Å². The van der Waals surface area contributed by atoms with Crippen LogP contribution in [0.25, 0.3) is 0 Å². The lowest BCUT2D eigenvalue weighted by molar-refractivity contribution is 0.0405. The van der Waals surface area contributed by atoms with Gasteiger partial charge in [-0.15, -0.1) is 0 Å². The smallest absolute Gasteiger partial charge is 0.431 e. The van der Waals surface area contributed by atoms with Crippen LogP contribution in [0.3, 0.4) is 0 Å². The summed E-state index contributed by atoms with van der Waals surface area (Å²) in [5.74, 6) is -0.389. The summed E-state index contributed by atoms with van der Waals surface area (Å²) in [4.78, 5) is 42.4. The van der Waals surface area contributed by atoms with Crippen molar-refractivity contribution in [2.45, 2.75) is 59.1 Å². The first kappa shape index (κ1) is 23.7. The van der Waals surface area contributed by atoms with E-state index in [1.807, 2.05) is 32.8 Å². The molecule has 1 unspecified atom stereocenters. The number of unbranched alkanes of at least 4 members (excludes halogenated alkanes) is 1. The van der Waals surface area contributed by atoms with Gasteiger partial charge in [-0.05, 0) is 48.2 Å². The van der Waals surface area contributed by atoms with Crippen molar-refractivity contribution in [1.82, 2.24) is 14.5 Å². The largest absolute Gasteiger partial charge is 0.487 e. The second-order valence-electron chi connectivity index (χ2n) is 8.81. The molecule has 0 bridgehead atoms. The minimum atomic E-state index is -0.710. The van der Waals surface area contributed by atoms with Crippen LogP contribution in [0.5, 0.6) is 5.75 Å². The van der Waals surface area contributed by atoms with Crippen molar-refractivity contribution in [2.75, 3.05) is 38.9 Å². The third-order valence-electron chi connectivity index (χ3n) is 4.55. The van der Waals surface area contributed by atoms with E-state index in [2.05, 4.69) is 0 Å². The molecule has 9 heteroatoms. The van der Waals surface area contributed by atoms with Crippen LogP contribution in [-0.2, 0) is 4.74 Å². The van der Waals surface area contributed by atoms with E-state index >= 15 is 0 Å². The quantitative estimate of drug-likeness (QED) is 0.627. The lowest BCUT2D eigenvalue weighted by atomic mass is 10.2. The van der Waals surface area contributed by atoms with Crippen LogP contribution in [0.1, 0.15) is 57.9 Å². The second-order valence-corrected chi connectivity index (χ2v) is 8.81. The van der Waals surface area contributed by atoms with Crippen LogP contribution in [0.2, 0.25) is 0 Å². The zero-order chi connectivity index (χ0) is 22.6. The fraction of sp³-hybridized carbons (Fsp3) is 0.667. The number of carbonyl (C=O) groups excluding carboxylic acids is 2. The molecule has 30 heavy (non-hydrogen) atoms.